The van der Waals surface area contributed by atoms with Crippen LogP contribution >= 0.6 is 7.49 Å². The first-order valence-electron chi connectivity index (χ1n) is 14.5. The van der Waals surface area contributed by atoms with Crippen molar-refractivity contribution in [2.24, 2.45) is 0 Å². The van der Waals surface area contributed by atoms with Crippen LogP contribution in [0.25, 0.3) is 54.5 Å². The Morgan fingerprint density at radius 2 is 1.19 bits per heavy atom. The van der Waals surface area contributed by atoms with E-state index in [0.717, 1.165) is 60.7 Å². The van der Waals surface area contributed by atoms with E-state index in [4.69, 9.17) is 4.98 Å². The number of fused-ring (bicyclic) bond motifs is 6. The maximum atomic E-state index is 12.8. The number of aromatic nitrogens is 1. The lowest BCUT2D eigenvalue weighted by Crippen LogP contribution is -2.30. The van der Waals surface area contributed by atoms with Crippen LogP contribution in [-0.4, -0.2) is 15.5 Å². The molecule has 8 rings (SSSR count). The fourth-order valence-corrected chi connectivity index (χ4v) is 9.74. The summed E-state index contributed by atoms with van der Waals surface area (Å²) in [5, 5.41) is 8.90. The van der Waals surface area contributed by atoms with Crippen molar-refractivity contribution in [3.05, 3.63) is 152 Å². The van der Waals surface area contributed by atoms with Gasteiger partial charge in [-0.2, -0.15) is 0 Å². The first-order chi connectivity index (χ1) is 20.7. The van der Waals surface area contributed by atoms with Gasteiger partial charge in [0.25, 0.3) is 0 Å². The van der Waals surface area contributed by atoms with Crippen molar-refractivity contribution in [1.82, 2.24) is 4.98 Å². The van der Waals surface area contributed by atoms with Gasteiger partial charge in [-0.05, 0) is 46.7 Å². The molecular weight excluding hydrogens is 529 g/mol. The highest BCUT2D eigenvalue weighted by Gasteiger charge is 2.48. The molecule has 0 radical (unpaired) electrons. The molecule has 0 saturated carbocycles. The molecule has 1 aliphatic rings. The van der Waals surface area contributed by atoms with Gasteiger partial charge in [0.2, 0.25) is 7.49 Å². The van der Waals surface area contributed by atoms with Gasteiger partial charge in [0.1, 0.15) is 16.3 Å². The Morgan fingerprint density at radius 3 is 1.83 bits per heavy atom. The van der Waals surface area contributed by atoms with Crippen LogP contribution in [0.3, 0.4) is 0 Å². The summed E-state index contributed by atoms with van der Waals surface area (Å²) in [4.78, 5) is 18.1. The molecule has 0 saturated heterocycles. The van der Waals surface area contributed by atoms with Gasteiger partial charge in [-0.15, -0.1) is 0 Å². The standard InChI is InChI=1S/C39H29NOP/c41-42(30-15-3-1-4-16-30,31-17-5-2-6-18-31)32-19-11-14-29(26-32)37-35-24-22-27-12-7-9-20-33(27)38(35)40-39-34-21-10-8-13-28(34)23-25-36(37)39/h1-17,19-26,31,41H,18H2/q+1. The highest BCUT2D eigenvalue weighted by atomic mass is 31.2. The zero-order valence-corrected chi connectivity index (χ0v) is 24.0. The van der Waals surface area contributed by atoms with Gasteiger partial charge in [-0.25, -0.2) is 9.88 Å². The van der Waals surface area contributed by atoms with Gasteiger partial charge in [-0.1, -0.05) is 121 Å². The van der Waals surface area contributed by atoms with E-state index in [9.17, 15) is 4.89 Å². The second kappa shape index (κ2) is 10.0. The van der Waals surface area contributed by atoms with Crippen molar-refractivity contribution < 1.29 is 4.89 Å². The number of hydrogen-bond donors (Lipinski definition) is 1. The van der Waals surface area contributed by atoms with Crippen molar-refractivity contribution >= 4 is 61.4 Å². The summed E-state index contributed by atoms with van der Waals surface area (Å²) >= 11 is 0. The van der Waals surface area contributed by atoms with Crippen molar-refractivity contribution in [1.29, 1.82) is 0 Å². The number of benzene rings is 6. The summed E-state index contributed by atoms with van der Waals surface area (Å²) in [6.07, 6.45) is 9.32. The van der Waals surface area contributed by atoms with Crippen LogP contribution in [-0.2, 0) is 0 Å². The van der Waals surface area contributed by atoms with Crippen molar-refractivity contribution in [3.8, 4) is 11.1 Å². The molecule has 2 unspecified atom stereocenters. The normalized spacial score (nSPS) is 16.4. The minimum absolute atomic E-state index is 0.0268. The zero-order valence-electron chi connectivity index (χ0n) is 23.1. The molecular formula is C39H29NOP+. The van der Waals surface area contributed by atoms with Crippen LogP contribution in [0.4, 0.5) is 0 Å². The van der Waals surface area contributed by atoms with E-state index in [1.165, 1.54) is 10.8 Å². The number of hydrogen-bond acceptors (Lipinski definition) is 2. The fraction of sp³-hybridized carbons (Fsp3) is 0.0513. The van der Waals surface area contributed by atoms with E-state index in [0.29, 0.717) is 0 Å². The van der Waals surface area contributed by atoms with E-state index >= 15 is 0 Å². The first kappa shape index (κ1) is 25.1. The predicted octanol–water partition coefficient (Wildman–Crippen LogP) is 9.12. The molecule has 1 aliphatic carbocycles. The largest absolute Gasteiger partial charge is 0.246 e. The third kappa shape index (κ3) is 3.91. The second-order valence-corrected chi connectivity index (χ2v) is 14.1. The topological polar surface area (TPSA) is 33.1 Å². The third-order valence-corrected chi connectivity index (χ3v) is 12.2. The molecule has 2 atom stereocenters. The summed E-state index contributed by atoms with van der Waals surface area (Å²) in [5.41, 5.74) is 4.29. The maximum Gasteiger partial charge on any atom is 0.213 e. The molecule has 6 aromatic carbocycles. The van der Waals surface area contributed by atoms with Gasteiger partial charge in [-0.3, -0.25) is 0 Å². The molecule has 0 fully saturated rings. The van der Waals surface area contributed by atoms with E-state index in [2.05, 4.69) is 133 Å². The van der Waals surface area contributed by atoms with E-state index in [1.807, 2.05) is 18.2 Å². The van der Waals surface area contributed by atoms with Crippen molar-refractivity contribution in [2.75, 3.05) is 0 Å². The summed E-state index contributed by atoms with van der Waals surface area (Å²) in [5.74, 6) is 0. The number of allylic oxidation sites excluding steroid dienone is 4. The van der Waals surface area contributed by atoms with Gasteiger partial charge >= 0.3 is 0 Å². The Hall–Kier alpha value is -4.62. The van der Waals surface area contributed by atoms with Crippen LogP contribution in [0.1, 0.15) is 6.42 Å². The van der Waals surface area contributed by atoms with Gasteiger partial charge in [0, 0.05) is 33.5 Å². The summed E-state index contributed by atoms with van der Waals surface area (Å²) in [6, 6.07) is 44.7. The zero-order chi connectivity index (χ0) is 28.1. The summed E-state index contributed by atoms with van der Waals surface area (Å²) in [7, 11) is -2.75. The Morgan fingerprint density at radius 1 is 0.571 bits per heavy atom. The van der Waals surface area contributed by atoms with Crippen LogP contribution in [0.2, 0.25) is 0 Å². The van der Waals surface area contributed by atoms with Gasteiger partial charge < -0.3 is 0 Å². The lowest BCUT2D eigenvalue weighted by Gasteiger charge is -2.27. The molecule has 1 heterocycles. The molecule has 1 N–H and O–H groups in total. The number of rotatable bonds is 4. The van der Waals surface area contributed by atoms with E-state index in [1.54, 1.807) is 0 Å². The van der Waals surface area contributed by atoms with Crippen LogP contribution < -0.4 is 10.6 Å². The SMILES string of the molecule is O[P+](c1ccccc1)(c1cccc(-c2c3ccc4ccccc4c3nc3c2ccc2ccccc23)c1)C1C=CC=CC1. The lowest BCUT2D eigenvalue weighted by atomic mass is 9.92. The monoisotopic (exact) mass is 558 g/mol. The van der Waals surface area contributed by atoms with Crippen LogP contribution in [0, 0.1) is 0 Å². The lowest BCUT2D eigenvalue weighted by molar-refractivity contribution is 0.611. The highest BCUT2D eigenvalue weighted by molar-refractivity contribution is 7.85. The van der Waals surface area contributed by atoms with Crippen molar-refractivity contribution in [3.63, 3.8) is 0 Å². The summed E-state index contributed by atoms with van der Waals surface area (Å²) in [6.45, 7) is 0. The molecule has 7 aromatic rings. The molecule has 0 spiro atoms. The van der Waals surface area contributed by atoms with Crippen molar-refractivity contribution in [2.45, 2.75) is 12.1 Å². The molecule has 0 bridgehead atoms. The third-order valence-electron chi connectivity index (χ3n) is 8.68. The highest BCUT2D eigenvalue weighted by Crippen LogP contribution is 2.59. The molecule has 1 aromatic heterocycles. The van der Waals surface area contributed by atoms with E-state index in [-0.39, 0.29) is 5.66 Å². The maximum absolute atomic E-state index is 12.8. The molecule has 0 amide bonds. The average Bonchev–Trinajstić information content (AvgIpc) is 3.07. The second-order valence-electron chi connectivity index (χ2n) is 11.0. The van der Waals surface area contributed by atoms with Crippen LogP contribution in [0.5, 0.6) is 0 Å². The Kier molecular flexibility index (Phi) is 6.00. The van der Waals surface area contributed by atoms with E-state index < -0.39 is 7.49 Å². The minimum atomic E-state index is -2.75. The number of pyridine rings is 1. The molecule has 0 aliphatic heterocycles. The predicted molar refractivity (Wildman–Crippen MR) is 181 cm³/mol. The molecule has 3 heteroatoms. The Labute approximate surface area is 245 Å². The van der Waals surface area contributed by atoms with Gasteiger partial charge in [0.05, 0.1) is 11.0 Å². The Bertz CT molecular complexity index is 2110. The molecule has 2 nitrogen and oxygen atoms in total. The quantitative estimate of drug-likeness (QED) is 0.133. The first-order valence-corrected chi connectivity index (χ1v) is 16.3. The molecule has 200 valence electrons. The van der Waals surface area contributed by atoms with Crippen LogP contribution in [0.15, 0.2) is 152 Å². The number of nitrogens with zero attached hydrogens (tertiary/aromatic N) is 1. The fourth-order valence-electron chi connectivity index (χ4n) is 6.63. The minimum Gasteiger partial charge on any atom is -0.246 e. The Balaban J connectivity index is 1.45. The van der Waals surface area contributed by atoms with Gasteiger partial charge in [0.15, 0.2) is 0 Å². The smallest absolute Gasteiger partial charge is 0.213 e. The average molecular weight is 559 g/mol. The molecule has 42 heavy (non-hydrogen) atoms. The summed E-state index contributed by atoms with van der Waals surface area (Å²) < 4.78 is 0.